The van der Waals surface area contributed by atoms with Crippen LogP contribution in [0.1, 0.15) is 0 Å². The van der Waals surface area contributed by atoms with Crippen molar-refractivity contribution in [3.05, 3.63) is 0 Å². The molecule has 11 heteroatoms. The van der Waals surface area contributed by atoms with Crippen LogP contribution in [0, 0.1) is 0 Å². The van der Waals surface area contributed by atoms with Crippen molar-refractivity contribution < 1.29 is 43.6 Å². The molecule has 0 aromatic heterocycles. The van der Waals surface area contributed by atoms with Gasteiger partial charge < -0.3 is 15.1 Å². The Bertz CT molecular complexity index is 137. The van der Waals surface area contributed by atoms with Gasteiger partial charge in [-0.1, -0.05) is 0 Å². The topological polar surface area (TPSA) is 113 Å². The first-order valence-corrected chi connectivity index (χ1v) is 2.15. The minimum atomic E-state index is -2.17. The summed E-state index contributed by atoms with van der Waals surface area (Å²) in [5.74, 6) is -4.04. The number of hydrogen-bond acceptors (Lipinski definition) is 7. The van der Waals surface area contributed by atoms with Gasteiger partial charge in [0.2, 0.25) is 0 Å². The van der Waals surface area contributed by atoms with Crippen LogP contribution < -0.4 is 0 Å². The van der Waals surface area contributed by atoms with Crippen LogP contribution in [0.25, 0.3) is 0 Å². The molecule has 0 rings (SSSR count). The molecule has 0 saturated heterocycles. The molecule has 0 fully saturated rings. The van der Waals surface area contributed by atoms with Crippen LogP contribution in [-0.2, 0) is 19.5 Å². The summed E-state index contributed by atoms with van der Waals surface area (Å²) >= 11 is 0. The Morgan fingerprint density at radius 1 is 1.00 bits per heavy atom. The van der Waals surface area contributed by atoms with Gasteiger partial charge in [-0.2, -0.15) is 0 Å². The molecular weight excluding hydrogens is 209 g/mol. The second kappa shape index (κ2) is 11.5. The second-order valence-corrected chi connectivity index (χ2v) is 1.08. The number of halogens is 2. The Morgan fingerprint density at radius 2 is 1.15 bits per heavy atom. The quantitative estimate of drug-likeness (QED) is 0.288. The summed E-state index contributed by atoms with van der Waals surface area (Å²) in [5, 5.41) is 21.5. The maximum Gasteiger partial charge on any atom is 0.631 e. The first-order chi connectivity index (χ1) is 5.45. The van der Waals surface area contributed by atoms with Gasteiger partial charge in [0, 0.05) is 9.05 Å². The van der Waals surface area contributed by atoms with Crippen molar-refractivity contribution in [1.29, 1.82) is 0 Å². The fourth-order valence-corrected chi connectivity index (χ4v) is 0.0630. The molecule has 0 aromatic carbocycles. The molecule has 7 nitrogen and oxygen atoms in total. The lowest BCUT2D eigenvalue weighted by molar-refractivity contribution is -0.212. The highest BCUT2D eigenvalue weighted by molar-refractivity contribution is 6.30. The lowest BCUT2D eigenvalue weighted by Gasteiger charge is -1.82. The molecule has 0 saturated carbocycles. The normalized spacial score (nSPS) is 6.85. The number of carbonyl (C=O) groups excluding carboxylic acids is 2. The molecule has 0 spiro atoms. The van der Waals surface area contributed by atoms with Crippen molar-refractivity contribution in [3.8, 4) is 0 Å². The van der Waals surface area contributed by atoms with E-state index in [2.05, 4.69) is 9.88 Å². The predicted octanol–water partition coefficient (Wildman–Crippen LogP) is -3.13. The zero-order valence-corrected chi connectivity index (χ0v) is 5.31. The minimum Gasteiger partial charge on any atom is -0.402 e. The van der Waals surface area contributed by atoms with E-state index in [4.69, 9.17) is 15.1 Å². The lowest BCUT2D eigenvalue weighted by atomic mass is 10.3. The Labute approximate surface area is 86.4 Å². The van der Waals surface area contributed by atoms with Crippen molar-refractivity contribution in [2.75, 3.05) is 0 Å². The zero-order chi connectivity index (χ0) is 10.1. The van der Waals surface area contributed by atoms with Crippen LogP contribution >= 0.6 is 0 Å². The molecule has 0 heterocycles. The van der Waals surface area contributed by atoms with Gasteiger partial charge in [0.25, 0.3) is 0 Å². The van der Waals surface area contributed by atoms with Gasteiger partial charge in [-0.3, -0.25) is 0 Å². The molecule has 0 aliphatic carbocycles. The molecule has 0 amide bonds. The summed E-state index contributed by atoms with van der Waals surface area (Å²) in [6, 6.07) is 0. The first-order valence-electron chi connectivity index (χ1n) is 2.15. The molecular formula is C2H5BF2MgO7. The van der Waals surface area contributed by atoms with Crippen LogP contribution in [0.15, 0.2) is 0 Å². The van der Waals surface area contributed by atoms with Crippen LogP contribution in [0.3, 0.4) is 0 Å². The molecule has 74 valence electrons. The van der Waals surface area contributed by atoms with Gasteiger partial charge in [-0.15, -0.1) is 0 Å². The smallest absolute Gasteiger partial charge is 0.402 e. The average molecular weight is 214 g/mol. The van der Waals surface area contributed by atoms with E-state index < -0.39 is 19.3 Å². The van der Waals surface area contributed by atoms with Crippen molar-refractivity contribution >= 4 is 42.3 Å². The highest BCUT2D eigenvalue weighted by Crippen LogP contribution is 1.83. The summed E-state index contributed by atoms with van der Waals surface area (Å²) in [4.78, 5) is 23.4. The van der Waals surface area contributed by atoms with Crippen molar-refractivity contribution in [3.63, 3.8) is 0 Å². The standard InChI is InChI=1S/C2F2O4.BH3O3.Mg.2H/c3-7-1(5)2(6)8-4;2-1(3)4;;;/h;2-4H;;;. The molecule has 3 N–H and O–H groups in total. The number of rotatable bonds is 0. The monoisotopic (exact) mass is 214 g/mol. The van der Waals surface area contributed by atoms with E-state index in [-0.39, 0.29) is 23.1 Å². The van der Waals surface area contributed by atoms with Crippen LogP contribution in [0.4, 0.5) is 9.05 Å². The molecule has 0 aromatic rings. The fourth-order valence-electron chi connectivity index (χ4n) is 0.0630. The minimum absolute atomic E-state index is 0. The third kappa shape index (κ3) is 18.5. The van der Waals surface area contributed by atoms with Gasteiger partial charge in [-0.25, -0.2) is 19.5 Å². The maximum absolute atomic E-state index is 10.5. The maximum atomic E-state index is 10.5. The molecule has 13 heavy (non-hydrogen) atoms. The van der Waals surface area contributed by atoms with Crippen molar-refractivity contribution in [2.45, 2.75) is 0 Å². The molecule has 0 radical (unpaired) electrons. The van der Waals surface area contributed by atoms with E-state index in [0.717, 1.165) is 0 Å². The summed E-state index contributed by atoms with van der Waals surface area (Å²) in [6.45, 7) is 0. The molecule has 0 aliphatic heterocycles. The molecule has 0 bridgehead atoms. The molecule has 0 aliphatic rings. The highest BCUT2D eigenvalue weighted by atomic mass is 24.3. The Hall–Kier alpha value is -0.489. The van der Waals surface area contributed by atoms with E-state index in [1.54, 1.807) is 0 Å². The third-order valence-corrected chi connectivity index (χ3v) is 0.307. The molecule has 0 unspecified atom stereocenters. The van der Waals surface area contributed by atoms with Crippen LogP contribution in [-0.4, -0.2) is 57.4 Å². The van der Waals surface area contributed by atoms with Gasteiger partial charge in [0.15, 0.2) is 0 Å². The highest BCUT2D eigenvalue weighted by Gasteiger charge is 2.18. The van der Waals surface area contributed by atoms with Gasteiger partial charge in [-0.05, 0) is 0 Å². The predicted molar refractivity (Wildman–Crippen MR) is 35.4 cm³/mol. The Kier molecular flexibility index (Phi) is 16.2. The summed E-state index contributed by atoms with van der Waals surface area (Å²) < 4.78 is 21.0. The van der Waals surface area contributed by atoms with E-state index in [9.17, 15) is 18.6 Å². The Morgan fingerprint density at radius 3 is 1.23 bits per heavy atom. The van der Waals surface area contributed by atoms with E-state index >= 15 is 0 Å². The van der Waals surface area contributed by atoms with Gasteiger partial charge >= 0.3 is 42.3 Å². The average Bonchev–Trinajstić information content (AvgIpc) is 2.00. The van der Waals surface area contributed by atoms with E-state index in [0.29, 0.717) is 0 Å². The van der Waals surface area contributed by atoms with Crippen LogP contribution in [0.5, 0.6) is 0 Å². The SMILES string of the molecule is O=C(OF)C(=O)OF.OB(O)O.[MgH2]. The van der Waals surface area contributed by atoms with Gasteiger partial charge in [0.1, 0.15) is 0 Å². The van der Waals surface area contributed by atoms with Crippen molar-refractivity contribution in [1.82, 2.24) is 0 Å². The summed E-state index contributed by atoms with van der Waals surface area (Å²) in [5.41, 5.74) is 0. The fraction of sp³-hybridized carbons (Fsp3) is 0. The first kappa shape index (κ1) is 18.3. The third-order valence-electron chi connectivity index (χ3n) is 0.307. The Balaban J connectivity index is -0.000000173. The second-order valence-electron chi connectivity index (χ2n) is 1.08. The van der Waals surface area contributed by atoms with Crippen molar-refractivity contribution in [2.24, 2.45) is 0 Å². The van der Waals surface area contributed by atoms with Gasteiger partial charge in [0.05, 0.1) is 0 Å². The summed E-state index contributed by atoms with van der Waals surface area (Å²) in [6.07, 6.45) is 0. The number of carbonyl (C=O) groups is 2. The molecule has 0 atom stereocenters. The number of hydrogen-bond donors (Lipinski definition) is 3. The summed E-state index contributed by atoms with van der Waals surface area (Å²) in [7, 11) is -2.17. The zero-order valence-electron chi connectivity index (χ0n) is 5.31. The largest absolute Gasteiger partial charge is 0.631 e. The lowest BCUT2D eigenvalue weighted by Crippen LogP contribution is -2.13. The van der Waals surface area contributed by atoms with Crippen LogP contribution in [0.2, 0.25) is 0 Å². The van der Waals surface area contributed by atoms with E-state index in [1.165, 1.54) is 0 Å². The van der Waals surface area contributed by atoms with E-state index in [1.807, 2.05) is 0 Å².